The van der Waals surface area contributed by atoms with Gasteiger partial charge in [-0.3, -0.25) is 14.9 Å². The summed E-state index contributed by atoms with van der Waals surface area (Å²) in [5.74, 6) is 0.589. The summed E-state index contributed by atoms with van der Waals surface area (Å²) in [4.78, 5) is 48.3. The summed E-state index contributed by atoms with van der Waals surface area (Å²) in [6.45, 7) is 1.06. The van der Waals surface area contributed by atoms with Crippen LogP contribution in [0.3, 0.4) is 0 Å². The predicted octanol–water partition coefficient (Wildman–Crippen LogP) is 4.36. The van der Waals surface area contributed by atoms with Crippen molar-refractivity contribution in [2.45, 2.75) is 51.1 Å². The number of benzene rings is 2. The number of aryl methyl sites for hydroxylation is 1. The monoisotopic (exact) mass is 516 g/mol. The van der Waals surface area contributed by atoms with E-state index >= 15 is 0 Å². The van der Waals surface area contributed by atoms with Gasteiger partial charge < -0.3 is 25.7 Å². The molecule has 38 heavy (non-hydrogen) atoms. The van der Waals surface area contributed by atoms with Crippen molar-refractivity contribution in [3.8, 4) is 11.3 Å². The number of hydrogen-bond donors (Lipinski definition) is 4. The third kappa shape index (κ3) is 5.26. The largest absolute Gasteiger partial charge is 0.453 e. The van der Waals surface area contributed by atoms with E-state index in [0.717, 1.165) is 36.0 Å². The average molecular weight is 517 g/mol. The Morgan fingerprint density at radius 3 is 2.79 bits per heavy atom. The van der Waals surface area contributed by atoms with Gasteiger partial charge >= 0.3 is 6.09 Å². The van der Waals surface area contributed by atoms with Crippen LogP contribution in [0.25, 0.3) is 11.3 Å². The lowest BCUT2D eigenvalue weighted by Crippen LogP contribution is -2.35. The Hall–Kier alpha value is -4.18. The Morgan fingerprint density at radius 1 is 1.13 bits per heavy atom. The molecule has 0 saturated carbocycles. The fourth-order valence-electron chi connectivity index (χ4n) is 5.23. The molecule has 1 atom stereocenters. The average Bonchev–Trinajstić information content (AvgIpc) is 3.34. The van der Waals surface area contributed by atoms with Crippen LogP contribution in [0, 0.1) is 0 Å². The molecule has 198 valence electrons. The van der Waals surface area contributed by atoms with Crippen LogP contribution in [0.4, 0.5) is 16.2 Å². The van der Waals surface area contributed by atoms with Crippen LogP contribution in [-0.4, -0.2) is 46.4 Å². The molecule has 10 nitrogen and oxygen atoms in total. The number of carbonyl (C=O) groups excluding carboxylic acids is 3. The lowest BCUT2D eigenvalue weighted by Gasteiger charge is -2.30. The minimum Gasteiger partial charge on any atom is -0.453 e. The van der Waals surface area contributed by atoms with Gasteiger partial charge in [0.25, 0.3) is 5.91 Å². The summed E-state index contributed by atoms with van der Waals surface area (Å²) in [7, 11) is 1.29. The number of methoxy groups -OCH3 is 1. The van der Waals surface area contributed by atoms with Crippen molar-refractivity contribution in [3.05, 3.63) is 65.1 Å². The van der Waals surface area contributed by atoms with E-state index < -0.39 is 6.09 Å². The highest BCUT2D eigenvalue weighted by Gasteiger charge is 2.31. The minimum absolute atomic E-state index is 0.00668. The number of carbonyl (C=O) groups is 3. The van der Waals surface area contributed by atoms with Gasteiger partial charge in [0.2, 0.25) is 5.91 Å². The number of fused-ring (bicyclic) bond motifs is 5. The summed E-state index contributed by atoms with van der Waals surface area (Å²) >= 11 is 0. The first kappa shape index (κ1) is 25.5. The maximum atomic E-state index is 13.8. The maximum Gasteiger partial charge on any atom is 0.411 e. The summed E-state index contributed by atoms with van der Waals surface area (Å²) in [5.41, 5.74) is 11.1. The van der Waals surface area contributed by atoms with Crippen molar-refractivity contribution >= 4 is 29.3 Å². The van der Waals surface area contributed by atoms with Gasteiger partial charge in [0.05, 0.1) is 30.7 Å². The Labute approximate surface area is 221 Å². The van der Waals surface area contributed by atoms with E-state index in [2.05, 4.69) is 20.4 Å². The van der Waals surface area contributed by atoms with Crippen LogP contribution in [0.1, 0.15) is 65.5 Å². The molecule has 0 spiro atoms. The molecule has 0 saturated heterocycles. The second kappa shape index (κ2) is 11.1. The lowest BCUT2D eigenvalue weighted by molar-refractivity contribution is -0.116. The third-order valence-corrected chi connectivity index (χ3v) is 7.18. The molecule has 0 fully saturated rings. The first-order valence-electron chi connectivity index (χ1n) is 12.9. The SMILES string of the molecule is COC(=O)Nc1ccc2c(c1)NC(=O)CCCC[C@H](N1CCCc3cc(CN)ccc3C1=O)c1ncc-2[nH]1. The topological polar surface area (TPSA) is 142 Å². The molecule has 10 heteroatoms. The fourth-order valence-corrected chi connectivity index (χ4v) is 5.23. The molecule has 1 aromatic heterocycles. The zero-order valence-electron chi connectivity index (χ0n) is 21.4. The molecule has 2 aromatic carbocycles. The highest BCUT2D eigenvalue weighted by Crippen LogP contribution is 2.35. The Morgan fingerprint density at radius 2 is 1.97 bits per heavy atom. The minimum atomic E-state index is -0.598. The van der Waals surface area contributed by atoms with E-state index in [1.807, 2.05) is 23.1 Å². The van der Waals surface area contributed by atoms with E-state index in [1.54, 1.807) is 24.4 Å². The molecule has 3 heterocycles. The number of aromatic nitrogens is 2. The molecule has 0 unspecified atom stereocenters. The summed E-state index contributed by atoms with van der Waals surface area (Å²) in [6.07, 6.45) is 5.25. The number of anilines is 2. The molecule has 2 bridgehead atoms. The van der Waals surface area contributed by atoms with Gasteiger partial charge in [-0.2, -0.15) is 0 Å². The molecule has 3 aromatic rings. The van der Waals surface area contributed by atoms with E-state index in [4.69, 9.17) is 10.7 Å². The number of amides is 3. The van der Waals surface area contributed by atoms with Gasteiger partial charge in [-0.15, -0.1) is 0 Å². The quantitative estimate of drug-likeness (QED) is 0.408. The Balaban J connectivity index is 1.50. The number of nitrogens with one attached hydrogen (secondary N) is 3. The molecule has 2 aliphatic rings. The molecule has 0 aliphatic carbocycles. The number of rotatable bonds is 3. The second-order valence-corrected chi connectivity index (χ2v) is 9.67. The number of H-pyrrole nitrogens is 1. The standard InChI is InChI=1S/C28H32N6O4/c1-38-28(37)31-19-9-11-21-22(14-19)32-25(35)7-3-2-6-24(26-30-16-23(21)33-26)34-12-4-5-18-13-17(15-29)8-10-20(18)27(34)36/h8-11,13-14,16,24H,2-7,12,15,29H2,1H3,(H,30,33)(H,31,37)(H,32,35)/t24-/m0/s1. The Bertz CT molecular complexity index is 1370. The zero-order valence-corrected chi connectivity index (χ0v) is 21.4. The van der Waals surface area contributed by atoms with Gasteiger partial charge in [-0.05, 0) is 61.1 Å². The van der Waals surface area contributed by atoms with Crippen LogP contribution in [0.5, 0.6) is 0 Å². The van der Waals surface area contributed by atoms with Crippen molar-refractivity contribution in [2.75, 3.05) is 24.3 Å². The van der Waals surface area contributed by atoms with Crippen LogP contribution >= 0.6 is 0 Å². The van der Waals surface area contributed by atoms with Gasteiger partial charge in [-0.1, -0.05) is 18.6 Å². The molecule has 5 N–H and O–H groups in total. The Kier molecular flexibility index (Phi) is 7.41. The van der Waals surface area contributed by atoms with Crippen molar-refractivity contribution in [2.24, 2.45) is 5.73 Å². The lowest BCUT2D eigenvalue weighted by atomic mass is 10.00. The molecule has 2 aliphatic heterocycles. The summed E-state index contributed by atoms with van der Waals surface area (Å²) in [5, 5.41) is 5.60. The van der Waals surface area contributed by atoms with Crippen LogP contribution in [0.2, 0.25) is 0 Å². The summed E-state index contributed by atoms with van der Waals surface area (Å²) in [6, 6.07) is 10.8. The van der Waals surface area contributed by atoms with E-state index in [9.17, 15) is 14.4 Å². The van der Waals surface area contributed by atoms with E-state index in [-0.39, 0.29) is 17.9 Å². The van der Waals surface area contributed by atoms with Gasteiger partial charge in [0, 0.05) is 36.3 Å². The molecular weight excluding hydrogens is 484 g/mol. The van der Waals surface area contributed by atoms with Crippen molar-refractivity contribution < 1.29 is 19.1 Å². The molecular formula is C28H32N6O4. The van der Waals surface area contributed by atoms with Gasteiger partial charge in [0.1, 0.15) is 5.82 Å². The number of nitrogens with zero attached hydrogens (tertiary/aromatic N) is 2. The van der Waals surface area contributed by atoms with E-state index in [1.165, 1.54) is 7.11 Å². The fraction of sp³-hybridized carbons (Fsp3) is 0.357. The van der Waals surface area contributed by atoms with Crippen LogP contribution in [0.15, 0.2) is 42.6 Å². The number of ether oxygens (including phenoxy) is 1. The summed E-state index contributed by atoms with van der Waals surface area (Å²) < 4.78 is 4.68. The molecule has 5 rings (SSSR count). The zero-order chi connectivity index (χ0) is 26.6. The molecule has 0 radical (unpaired) electrons. The number of nitrogens with two attached hydrogens (primary N) is 1. The maximum absolute atomic E-state index is 13.8. The van der Waals surface area contributed by atoms with Crippen molar-refractivity contribution in [1.82, 2.24) is 14.9 Å². The van der Waals surface area contributed by atoms with Crippen molar-refractivity contribution in [1.29, 1.82) is 0 Å². The highest BCUT2D eigenvalue weighted by molar-refractivity contribution is 5.98. The molecule has 3 amide bonds. The number of aromatic amines is 1. The van der Waals surface area contributed by atoms with Gasteiger partial charge in [-0.25, -0.2) is 9.78 Å². The second-order valence-electron chi connectivity index (χ2n) is 9.67. The van der Waals surface area contributed by atoms with Crippen LogP contribution < -0.4 is 16.4 Å². The number of imidazole rings is 1. The third-order valence-electron chi connectivity index (χ3n) is 7.18. The first-order valence-corrected chi connectivity index (χ1v) is 12.9. The first-order chi connectivity index (χ1) is 18.5. The highest BCUT2D eigenvalue weighted by atomic mass is 16.5. The van der Waals surface area contributed by atoms with Crippen molar-refractivity contribution in [3.63, 3.8) is 0 Å². The van der Waals surface area contributed by atoms with Crippen LogP contribution in [-0.2, 0) is 22.5 Å². The smallest absolute Gasteiger partial charge is 0.411 e. The predicted molar refractivity (Wildman–Crippen MR) is 144 cm³/mol. The van der Waals surface area contributed by atoms with E-state index in [0.29, 0.717) is 60.8 Å². The number of hydrogen-bond acceptors (Lipinski definition) is 6. The van der Waals surface area contributed by atoms with Gasteiger partial charge in [0.15, 0.2) is 0 Å². The normalized spacial score (nSPS) is 17.7.